The van der Waals surface area contributed by atoms with Gasteiger partial charge in [0.05, 0.1) is 6.42 Å². The first-order valence-corrected chi connectivity index (χ1v) is 6.12. The minimum Gasteiger partial charge on any atom is -0.341 e. The SMILES string of the molecule is CCN(CCN)C(=O)Cc1ccc(C)c(C)c1. The summed E-state index contributed by atoms with van der Waals surface area (Å²) in [4.78, 5) is 13.8. The molecule has 1 rings (SSSR count). The number of aryl methyl sites for hydroxylation is 2. The van der Waals surface area contributed by atoms with Crippen LogP contribution < -0.4 is 5.73 Å². The number of nitrogens with zero attached hydrogens (tertiary/aromatic N) is 1. The summed E-state index contributed by atoms with van der Waals surface area (Å²) in [6.07, 6.45) is 0.467. The normalized spacial score (nSPS) is 10.4. The van der Waals surface area contributed by atoms with Gasteiger partial charge in [0.15, 0.2) is 0 Å². The smallest absolute Gasteiger partial charge is 0.227 e. The highest BCUT2D eigenvalue weighted by atomic mass is 16.2. The second-order valence-electron chi connectivity index (χ2n) is 4.36. The Morgan fingerprint density at radius 2 is 2.00 bits per heavy atom. The second-order valence-corrected chi connectivity index (χ2v) is 4.36. The zero-order valence-electron chi connectivity index (χ0n) is 11.0. The molecule has 3 heteroatoms. The summed E-state index contributed by atoms with van der Waals surface area (Å²) in [5.41, 5.74) is 9.06. The average Bonchev–Trinajstić information content (AvgIpc) is 2.30. The number of rotatable bonds is 5. The lowest BCUT2D eigenvalue weighted by Crippen LogP contribution is -2.36. The van der Waals surface area contributed by atoms with Crippen molar-refractivity contribution in [2.45, 2.75) is 27.2 Å². The summed E-state index contributed by atoms with van der Waals surface area (Å²) in [5, 5.41) is 0. The van der Waals surface area contributed by atoms with E-state index in [2.05, 4.69) is 26.0 Å². The van der Waals surface area contributed by atoms with Crippen LogP contribution in [0.15, 0.2) is 18.2 Å². The van der Waals surface area contributed by atoms with Gasteiger partial charge >= 0.3 is 0 Å². The van der Waals surface area contributed by atoms with Gasteiger partial charge in [-0.3, -0.25) is 4.79 Å². The van der Waals surface area contributed by atoms with Crippen molar-refractivity contribution in [3.05, 3.63) is 34.9 Å². The van der Waals surface area contributed by atoms with Crippen LogP contribution in [0, 0.1) is 13.8 Å². The van der Waals surface area contributed by atoms with E-state index in [1.54, 1.807) is 4.90 Å². The average molecular weight is 234 g/mol. The quantitative estimate of drug-likeness (QED) is 0.842. The van der Waals surface area contributed by atoms with E-state index in [1.807, 2.05) is 13.0 Å². The van der Waals surface area contributed by atoms with Gasteiger partial charge in [0, 0.05) is 19.6 Å². The minimum absolute atomic E-state index is 0.154. The van der Waals surface area contributed by atoms with Crippen molar-refractivity contribution in [1.82, 2.24) is 4.90 Å². The Kier molecular flexibility index (Phi) is 5.16. The lowest BCUT2D eigenvalue weighted by Gasteiger charge is -2.20. The van der Waals surface area contributed by atoms with Gasteiger partial charge in [-0.1, -0.05) is 18.2 Å². The molecule has 1 aromatic carbocycles. The van der Waals surface area contributed by atoms with Crippen molar-refractivity contribution in [2.24, 2.45) is 5.73 Å². The molecule has 1 aromatic rings. The van der Waals surface area contributed by atoms with E-state index in [9.17, 15) is 4.79 Å². The lowest BCUT2D eigenvalue weighted by atomic mass is 10.0. The fourth-order valence-electron chi connectivity index (χ4n) is 1.81. The van der Waals surface area contributed by atoms with Gasteiger partial charge in [0.1, 0.15) is 0 Å². The molecular formula is C14H22N2O. The van der Waals surface area contributed by atoms with Crippen LogP contribution in [0.5, 0.6) is 0 Å². The van der Waals surface area contributed by atoms with E-state index < -0.39 is 0 Å². The van der Waals surface area contributed by atoms with Crippen LogP contribution in [-0.2, 0) is 11.2 Å². The molecule has 0 radical (unpaired) electrons. The maximum absolute atomic E-state index is 12.0. The van der Waals surface area contributed by atoms with Gasteiger partial charge in [-0.05, 0) is 37.5 Å². The number of carbonyl (C=O) groups is 1. The Morgan fingerprint density at radius 3 is 2.53 bits per heavy atom. The van der Waals surface area contributed by atoms with E-state index in [4.69, 9.17) is 5.73 Å². The van der Waals surface area contributed by atoms with Crippen molar-refractivity contribution in [2.75, 3.05) is 19.6 Å². The first kappa shape index (κ1) is 13.7. The van der Waals surface area contributed by atoms with Crippen LogP contribution in [-0.4, -0.2) is 30.4 Å². The van der Waals surface area contributed by atoms with E-state index in [0.717, 1.165) is 12.1 Å². The number of hydrogen-bond donors (Lipinski definition) is 1. The summed E-state index contributed by atoms with van der Waals surface area (Å²) in [6.45, 7) is 8.01. The third-order valence-corrected chi connectivity index (χ3v) is 3.06. The molecule has 0 saturated heterocycles. The van der Waals surface area contributed by atoms with Crippen molar-refractivity contribution in [3.8, 4) is 0 Å². The maximum atomic E-state index is 12.0. The maximum Gasteiger partial charge on any atom is 0.227 e. The highest BCUT2D eigenvalue weighted by molar-refractivity contribution is 5.78. The molecule has 0 aromatic heterocycles. The molecule has 94 valence electrons. The molecule has 0 aliphatic rings. The van der Waals surface area contributed by atoms with E-state index in [1.165, 1.54) is 11.1 Å². The summed E-state index contributed by atoms with van der Waals surface area (Å²) in [6, 6.07) is 6.18. The molecule has 0 aliphatic carbocycles. The Bertz CT molecular complexity index is 388. The molecule has 0 aliphatic heterocycles. The molecule has 0 fully saturated rings. The molecule has 0 heterocycles. The minimum atomic E-state index is 0.154. The fraction of sp³-hybridized carbons (Fsp3) is 0.500. The molecule has 0 saturated carbocycles. The standard InChI is InChI=1S/C14H22N2O/c1-4-16(8-7-15)14(17)10-13-6-5-11(2)12(3)9-13/h5-6,9H,4,7-8,10,15H2,1-3H3. The largest absolute Gasteiger partial charge is 0.341 e. The highest BCUT2D eigenvalue weighted by Crippen LogP contribution is 2.11. The van der Waals surface area contributed by atoms with Crippen molar-refractivity contribution in [1.29, 1.82) is 0 Å². The predicted octanol–water partition coefficient (Wildman–Crippen LogP) is 1.65. The lowest BCUT2D eigenvalue weighted by molar-refractivity contribution is -0.130. The Hall–Kier alpha value is -1.35. The van der Waals surface area contributed by atoms with E-state index >= 15 is 0 Å². The molecule has 3 nitrogen and oxygen atoms in total. The first-order chi connectivity index (χ1) is 8.08. The van der Waals surface area contributed by atoms with Crippen molar-refractivity contribution >= 4 is 5.91 Å². The predicted molar refractivity (Wildman–Crippen MR) is 70.9 cm³/mol. The Labute approximate surface area is 104 Å². The van der Waals surface area contributed by atoms with Crippen molar-refractivity contribution in [3.63, 3.8) is 0 Å². The molecule has 17 heavy (non-hydrogen) atoms. The Morgan fingerprint density at radius 1 is 1.29 bits per heavy atom. The van der Waals surface area contributed by atoms with Crippen LogP contribution in [0.25, 0.3) is 0 Å². The molecule has 0 atom stereocenters. The molecule has 0 bridgehead atoms. The van der Waals surface area contributed by atoms with Gasteiger partial charge in [-0.2, -0.15) is 0 Å². The number of nitrogens with two attached hydrogens (primary N) is 1. The number of amides is 1. The van der Waals surface area contributed by atoms with E-state index in [-0.39, 0.29) is 5.91 Å². The van der Waals surface area contributed by atoms with Crippen LogP contribution >= 0.6 is 0 Å². The van der Waals surface area contributed by atoms with Crippen molar-refractivity contribution < 1.29 is 4.79 Å². The zero-order chi connectivity index (χ0) is 12.8. The molecule has 0 unspecified atom stereocenters. The number of hydrogen-bond acceptors (Lipinski definition) is 2. The number of likely N-dealkylation sites (N-methyl/N-ethyl adjacent to an activating group) is 1. The topological polar surface area (TPSA) is 46.3 Å². The molecular weight excluding hydrogens is 212 g/mol. The van der Waals surface area contributed by atoms with Crippen LogP contribution in [0.4, 0.5) is 0 Å². The van der Waals surface area contributed by atoms with Crippen LogP contribution in [0.2, 0.25) is 0 Å². The highest BCUT2D eigenvalue weighted by Gasteiger charge is 2.11. The first-order valence-electron chi connectivity index (χ1n) is 6.12. The third-order valence-electron chi connectivity index (χ3n) is 3.06. The van der Waals surface area contributed by atoms with Gasteiger partial charge in [-0.15, -0.1) is 0 Å². The summed E-state index contributed by atoms with van der Waals surface area (Å²) in [5.74, 6) is 0.154. The van der Waals surface area contributed by atoms with Gasteiger partial charge < -0.3 is 10.6 Å². The van der Waals surface area contributed by atoms with Gasteiger partial charge in [0.25, 0.3) is 0 Å². The Balaban J connectivity index is 2.69. The van der Waals surface area contributed by atoms with Gasteiger partial charge in [0.2, 0.25) is 5.91 Å². The number of benzene rings is 1. The summed E-state index contributed by atoms with van der Waals surface area (Å²) >= 11 is 0. The number of carbonyl (C=O) groups excluding carboxylic acids is 1. The monoisotopic (exact) mass is 234 g/mol. The summed E-state index contributed by atoms with van der Waals surface area (Å²) < 4.78 is 0. The fourth-order valence-corrected chi connectivity index (χ4v) is 1.81. The molecule has 0 spiro atoms. The zero-order valence-corrected chi connectivity index (χ0v) is 11.0. The van der Waals surface area contributed by atoms with Crippen LogP contribution in [0.3, 0.4) is 0 Å². The summed E-state index contributed by atoms with van der Waals surface area (Å²) in [7, 11) is 0. The third kappa shape index (κ3) is 3.86. The molecule has 2 N–H and O–H groups in total. The second kappa shape index (κ2) is 6.40. The molecule has 1 amide bonds. The van der Waals surface area contributed by atoms with Crippen LogP contribution in [0.1, 0.15) is 23.6 Å². The van der Waals surface area contributed by atoms with E-state index in [0.29, 0.717) is 19.5 Å². The van der Waals surface area contributed by atoms with Gasteiger partial charge in [-0.25, -0.2) is 0 Å².